The largest absolute Gasteiger partial charge is 0.335 e. The zero-order chi connectivity index (χ0) is 5.82. The minimum absolute atomic E-state index is 1.16. The third-order valence-electron chi connectivity index (χ3n) is 1.53. The lowest BCUT2D eigenvalue weighted by Crippen LogP contribution is -2.30. The van der Waals surface area contributed by atoms with Gasteiger partial charge in [-0.25, -0.2) is 0 Å². The van der Waals surface area contributed by atoms with Crippen LogP contribution in [-0.4, -0.2) is 24.7 Å². The standard InChI is InChI=1S/C5H10BClN/c7-6-8-4-2-1-3-5-8/h1-5H2. The molecule has 0 aromatic rings. The minimum atomic E-state index is 1.16. The van der Waals surface area contributed by atoms with Crippen LogP contribution in [0, 0.1) is 0 Å². The molecule has 1 heterocycles. The van der Waals surface area contributed by atoms with Crippen molar-refractivity contribution in [3.05, 3.63) is 0 Å². The lowest BCUT2D eigenvalue weighted by Gasteiger charge is -2.22. The Kier molecular flexibility index (Phi) is 2.70. The predicted octanol–water partition coefficient (Wildman–Crippen LogP) is 1.25. The predicted molar refractivity (Wildman–Crippen MR) is 37.0 cm³/mol. The van der Waals surface area contributed by atoms with Crippen molar-refractivity contribution in [2.45, 2.75) is 19.3 Å². The molecule has 1 rings (SSSR count). The average molecular weight is 130 g/mol. The van der Waals surface area contributed by atoms with E-state index in [1.807, 2.05) is 0 Å². The Morgan fingerprint density at radius 1 is 1.12 bits per heavy atom. The van der Waals surface area contributed by atoms with Crippen LogP contribution in [0.15, 0.2) is 0 Å². The van der Waals surface area contributed by atoms with Crippen molar-refractivity contribution in [2.75, 3.05) is 13.1 Å². The van der Waals surface area contributed by atoms with Gasteiger partial charge >= 0.3 is 6.83 Å². The molecule has 0 aromatic heterocycles. The van der Waals surface area contributed by atoms with Gasteiger partial charge in [0.25, 0.3) is 0 Å². The zero-order valence-corrected chi connectivity index (χ0v) is 5.69. The summed E-state index contributed by atoms with van der Waals surface area (Å²) in [5.41, 5.74) is 0. The maximum absolute atomic E-state index is 5.48. The number of nitrogens with zero attached hydrogens (tertiary/aromatic N) is 1. The zero-order valence-electron chi connectivity index (χ0n) is 4.94. The molecular formula is C5H10BClN. The lowest BCUT2D eigenvalue weighted by molar-refractivity contribution is 0.365. The highest BCUT2D eigenvalue weighted by Gasteiger charge is 2.08. The maximum Gasteiger partial charge on any atom is 0.335 e. The van der Waals surface area contributed by atoms with E-state index in [2.05, 4.69) is 4.81 Å². The van der Waals surface area contributed by atoms with Gasteiger partial charge in [-0.3, -0.25) is 0 Å². The highest BCUT2D eigenvalue weighted by Crippen LogP contribution is 2.06. The molecule has 0 aromatic carbocycles. The molecule has 1 radical (unpaired) electrons. The Labute approximate surface area is 56.2 Å². The van der Waals surface area contributed by atoms with E-state index in [0.29, 0.717) is 0 Å². The van der Waals surface area contributed by atoms with Gasteiger partial charge in [-0.1, -0.05) is 6.42 Å². The number of hydrogen-bond donors (Lipinski definition) is 0. The van der Waals surface area contributed by atoms with Gasteiger partial charge in [-0.15, -0.1) is 0 Å². The highest BCUT2D eigenvalue weighted by atomic mass is 35.5. The Morgan fingerprint density at radius 2 is 1.75 bits per heavy atom. The van der Waals surface area contributed by atoms with E-state index in [4.69, 9.17) is 11.5 Å². The summed E-state index contributed by atoms with van der Waals surface area (Å²) in [5, 5.41) is 0. The molecule has 0 saturated carbocycles. The smallest absolute Gasteiger partial charge is 0.332 e. The van der Waals surface area contributed by atoms with E-state index in [9.17, 15) is 0 Å². The van der Waals surface area contributed by atoms with Gasteiger partial charge in [-0.05, 0) is 25.9 Å². The molecule has 45 valence electrons. The molecule has 0 spiro atoms. The second-order valence-corrected chi connectivity index (χ2v) is 2.39. The molecule has 0 N–H and O–H groups in total. The molecule has 1 aliphatic rings. The summed E-state index contributed by atoms with van der Waals surface area (Å²) in [5.74, 6) is 0. The van der Waals surface area contributed by atoms with Crippen LogP contribution in [0.25, 0.3) is 0 Å². The maximum atomic E-state index is 5.48. The SMILES string of the molecule is Cl[B]N1CCCCC1. The van der Waals surface area contributed by atoms with E-state index in [0.717, 1.165) is 13.1 Å². The molecule has 8 heavy (non-hydrogen) atoms. The van der Waals surface area contributed by atoms with Crippen LogP contribution < -0.4 is 0 Å². The van der Waals surface area contributed by atoms with Crippen LogP contribution in [0.5, 0.6) is 0 Å². The molecule has 0 amide bonds. The Morgan fingerprint density at radius 3 is 2.12 bits per heavy atom. The summed E-state index contributed by atoms with van der Waals surface area (Å²) in [6.45, 7) is 3.98. The molecule has 0 unspecified atom stereocenters. The van der Waals surface area contributed by atoms with E-state index >= 15 is 0 Å². The Hall–Kier alpha value is 0.315. The summed E-state index contributed by atoms with van der Waals surface area (Å²) in [7, 11) is 0. The van der Waals surface area contributed by atoms with Crippen LogP contribution in [-0.2, 0) is 0 Å². The minimum Gasteiger partial charge on any atom is -0.332 e. The van der Waals surface area contributed by atoms with Gasteiger partial charge in [0.1, 0.15) is 0 Å². The molecule has 3 heteroatoms. The summed E-state index contributed by atoms with van der Waals surface area (Å²) in [6, 6.07) is 0. The van der Waals surface area contributed by atoms with Gasteiger partial charge < -0.3 is 4.81 Å². The first-order valence-corrected chi connectivity index (χ1v) is 3.55. The molecule has 1 fully saturated rings. The fourth-order valence-corrected chi connectivity index (χ4v) is 1.21. The first kappa shape index (κ1) is 6.44. The van der Waals surface area contributed by atoms with E-state index in [1.165, 1.54) is 19.3 Å². The number of piperidine rings is 1. The van der Waals surface area contributed by atoms with Crippen LogP contribution in [0.2, 0.25) is 0 Å². The number of hydrogen-bond acceptors (Lipinski definition) is 1. The second-order valence-electron chi connectivity index (χ2n) is 2.19. The van der Waals surface area contributed by atoms with E-state index in [1.54, 1.807) is 6.83 Å². The second kappa shape index (κ2) is 3.36. The van der Waals surface area contributed by atoms with Gasteiger partial charge in [0.05, 0.1) is 0 Å². The van der Waals surface area contributed by atoms with Crippen molar-refractivity contribution < 1.29 is 0 Å². The Balaban J connectivity index is 2.13. The molecule has 1 nitrogen and oxygen atoms in total. The first-order chi connectivity index (χ1) is 3.93. The first-order valence-electron chi connectivity index (χ1n) is 3.11. The van der Waals surface area contributed by atoms with Gasteiger partial charge in [0.2, 0.25) is 0 Å². The number of halogens is 1. The average Bonchev–Trinajstić information content (AvgIpc) is 1.90. The number of rotatable bonds is 1. The van der Waals surface area contributed by atoms with Crippen LogP contribution in [0.1, 0.15) is 19.3 Å². The third-order valence-corrected chi connectivity index (χ3v) is 1.80. The summed E-state index contributed by atoms with van der Waals surface area (Å²) in [6.07, 6.45) is 3.99. The fraction of sp³-hybridized carbons (Fsp3) is 1.00. The molecular weight excluding hydrogens is 120 g/mol. The van der Waals surface area contributed by atoms with Crippen LogP contribution in [0.3, 0.4) is 0 Å². The monoisotopic (exact) mass is 130 g/mol. The lowest BCUT2D eigenvalue weighted by atomic mass is 10.1. The molecule has 0 aliphatic carbocycles. The van der Waals surface area contributed by atoms with Crippen molar-refractivity contribution in [3.63, 3.8) is 0 Å². The summed E-state index contributed by atoms with van der Waals surface area (Å²) >= 11 is 5.48. The molecule has 1 aliphatic heterocycles. The van der Waals surface area contributed by atoms with E-state index < -0.39 is 0 Å². The van der Waals surface area contributed by atoms with Crippen LogP contribution in [0.4, 0.5) is 0 Å². The topological polar surface area (TPSA) is 3.24 Å². The van der Waals surface area contributed by atoms with Crippen molar-refractivity contribution in [1.29, 1.82) is 0 Å². The van der Waals surface area contributed by atoms with Crippen molar-refractivity contribution in [2.24, 2.45) is 0 Å². The third kappa shape index (κ3) is 1.68. The van der Waals surface area contributed by atoms with Crippen molar-refractivity contribution >= 4 is 18.3 Å². The highest BCUT2D eigenvalue weighted by molar-refractivity contribution is 6.92. The van der Waals surface area contributed by atoms with Gasteiger partial charge in [-0.2, -0.15) is 11.5 Å². The van der Waals surface area contributed by atoms with E-state index in [-0.39, 0.29) is 0 Å². The quantitative estimate of drug-likeness (QED) is 0.483. The van der Waals surface area contributed by atoms with Crippen LogP contribution >= 0.6 is 11.5 Å². The van der Waals surface area contributed by atoms with Gasteiger partial charge in [0.15, 0.2) is 0 Å². The molecule has 1 saturated heterocycles. The molecule has 0 bridgehead atoms. The van der Waals surface area contributed by atoms with Gasteiger partial charge in [0, 0.05) is 0 Å². The molecule has 0 atom stereocenters. The normalized spacial score (nSPS) is 23.1. The fourth-order valence-electron chi connectivity index (χ4n) is 1.02. The Bertz CT molecular complexity index is 63.4. The summed E-state index contributed by atoms with van der Waals surface area (Å²) in [4.78, 5) is 2.16. The van der Waals surface area contributed by atoms with Crippen molar-refractivity contribution in [1.82, 2.24) is 4.81 Å². The summed E-state index contributed by atoms with van der Waals surface area (Å²) < 4.78 is 0. The van der Waals surface area contributed by atoms with Crippen molar-refractivity contribution in [3.8, 4) is 0 Å².